The molecule has 0 aliphatic carbocycles. The quantitative estimate of drug-likeness (QED) is 0.236. The van der Waals surface area contributed by atoms with Gasteiger partial charge in [-0.05, 0) is 84.0 Å². The highest BCUT2D eigenvalue weighted by molar-refractivity contribution is 6.11. The summed E-state index contributed by atoms with van der Waals surface area (Å²) in [6, 6.07) is 25.9. The Balaban J connectivity index is 1.50. The van der Waals surface area contributed by atoms with E-state index in [1.54, 1.807) is 117 Å². The number of hydrogen-bond acceptors (Lipinski definition) is 5. The highest BCUT2D eigenvalue weighted by atomic mass is 16.5. The van der Waals surface area contributed by atoms with Crippen molar-refractivity contribution in [3.05, 3.63) is 137 Å². The van der Waals surface area contributed by atoms with Crippen LogP contribution >= 0.6 is 0 Å². The molecule has 0 saturated heterocycles. The van der Waals surface area contributed by atoms with Gasteiger partial charge in [-0.25, -0.2) is 0 Å². The van der Waals surface area contributed by atoms with Crippen molar-refractivity contribution in [1.82, 2.24) is 10.3 Å². The minimum Gasteiger partial charge on any atom is -0.497 e. The molecule has 38 heavy (non-hydrogen) atoms. The van der Waals surface area contributed by atoms with E-state index in [4.69, 9.17) is 4.74 Å². The Kier molecular flexibility index (Phi) is 8.55. The highest BCUT2D eigenvalue weighted by Gasteiger charge is 2.15. The second-order valence-electron chi connectivity index (χ2n) is 8.17. The summed E-state index contributed by atoms with van der Waals surface area (Å²) in [7, 11) is 1.57. The number of carbonyl (C=O) groups is 3. The molecular weight excluding hydrogens is 478 g/mol. The molecular formula is C31H25N3O4. The molecule has 3 aromatic carbocycles. The zero-order chi connectivity index (χ0) is 26.7. The number of methoxy groups -OCH3 is 1. The van der Waals surface area contributed by atoms with Crippen molar-refractivity contribution in [1.29, 1.82) is 0 Å². The topological polar surface area (TPSA) is 97.4 Å². The molecule has 0 unspecified atom stereocenters. The van der Waals surface area contributed by atoms with Gasteiger partial charge in [0.25, 0.3) is 11.8 Å². The molecule has 0 atom stereocenters. The summed E-state index contributed by atoms with van der Waals surface area (Å²) in [6.45, 7) is 0. The number of ether oxygens (including phenoxy) is 1. The van der Waals surface area contributed by atoms with E-state index >= 15 is 0 Å². The Hall–Kier alpha value is -5.30. The second-order valence-corrected chi connectivity index (χ2v) is 8.17. The third-order valence-electron chi connectivity index (χ3n) is 5.49. The molecule has 0 spiro atoms. The first kappa shape index (κ1) is 25.8. The number of nitrogens with zero attached hydrogens (tertiary/aromatic N) is 1. The SMILES string of the molecule is COc1ccc(/C=C(\NC(=O)c2ccccc2)C(=O)Nc2ccc(C(=O)/C=C/c3cccnc3)cc2)cc1. The maximum atomic E-state index is 13.2. The molecule has 0 fully saturated rings. The lowest BCUT2D eigenvalue weighted by Gasteiger charge is -2.12. The molecule has 4 rings (SSSR count). The van der Waals surface area contributed by atoms with E-state index in [9.17, 15) is 14.4 Å². The van der Waals surface area contributed by atoms with Crippen molar-refractivity contribution in [2.24, 2.45) is 0 Å². The minimum absolute atomic E-state index is 0.0589. The van der Waals surface area contributed by atoms with Crippen LogP contribution in [0.4, 0.5) is 5.69 Å². The monoisotopic (exact) mass is 503 g/mol. The molecule has 1 aromatic heterocycles. The first-order valence-corrected chi connectivity index (χ1v) is 11.8. The summed E-state index contributed by atoms with van der Waals surface area (Å²) in [5, 5.41) is 5.48. The first-order chi connectivity index (χ1) is 18.5. The van der Waals surface area contributed by atoms with E-state index in [1.807, 2.05) is 6.07 Å². The fraction of sp³-hybridized carbons (Fsp3) is 0.0323. The van der Waals surface area contributed by atoms with Crippen molar-refractivity contribution in [2.45, 2.75) is 0 Å². The predicted molar refractivity (Wildman–Crippen MR) is 148 cm³/mol. The van der Waals surface area contributed by atoms with Crippen LogP contribution in [0.1, 0.15) is 31.8 Å². The van der Waals surface area contributed by atoms with Crippen molar-refractivity contribution in [3.63, 3.8) is 0 Å². The molecule has 7 nitrogen and oxygen atoms in total. The second kappa shape index (κ2) is 12.6. The fourth-order valence-corrected chi connectivity index (χ4v) is 3.47. The van der Waals surface area contributed by atoms with Gasteiger partial charge < -0.3 is 15.4 Å². The van der Waals surface area contributed by atoms with Crippen molar-refractivity contribution >= 4 is 35.4 Å². The maximum absolute atomic E-state index is 13.2. The van der Waals surface area contributed by atoms with Crippen LogP contribution in [-0.2, 0) is 4.79 Å². The van der Waals surface area contributed by atoms with E-state index in [-0.39, 0.29) is 11.5 Å². The molecule has 0 radical (unpaired) electrons. The van der Waals surface area contributed by atoms with Gasteiger partial charge in [0.15, 0.2) is 5.78 Å². The summed E-state index contributed by atoms with van der Waals surface area (Å²) in [6.07, 6.45) is 8.07. The number of ketones is 1. The zero-order valence-electron chi connectivity index (χ0n) is 20.6. The summed E-state index contributed by atoms with van der Waals surface area (Å²) in [4.78, 5) is 42.5. The Bertz CT molecular complexity index is 1460. The van der Waals surface area contributed by atoms with E-state index in [1.165, 1.54) is 6.08 Å². The van der Waals surface area contributed by atoms with Crippen LogP contribution < -0.4 is 15.4 Å². The van der Waals surface area contributed by atoms with Gasteiger partial charge in [-0.3, -0.25) is 19.4 Å². The molecule has 0 aliphatic heterocycles. The lowest BCUT2D eigenvalue weighted by Crippen LogP contribution is -2.30. The van der Waals surface area contributed by atoms with Crippen molar-refractivity contribution in [2.75, 3.05) is 12.4 Å². The average Bonchev–Trinajstić information content (AvgIpc) is 2.97. The molecule has 4 aromatic rings. The summed E-state index contributed by atoms with van der Waals surface area (Å²) in [5.74, 6) is -0.434. The van der Waals surface area contributed by atoms with E-state index in [0.29, 0.717) is 28.1 Å². The number of nitrogens with one attached hydrogen (secondary N) is 2. The number of benzene rings is 3. The lowest BCUT2D eigenvalue weighted by molar-refractivity contribution is -0.113. The number of anilines is 1. The Morgan fingerprint density at radius 1 is 0.789 bits per heavy atom. The Morgan fingerprint density at radius 2 is 1.53 bits per heavy atom. The van der Waals surface area contributed by atoms with Crippen molar-refractivity contribution < 1.29 is 19.1 Å². The van der Waals surface area contributed by atoms with Gasteiger partial charge in [0.2, 0.25) is 0 Å². The standard InChI is InChI=1S/C31H25N3O4/c1-38-27-16-9-22(10-17-27)20-28(34-30(36)25-7-3-2-4-8-25)31(37)33-26-14-12-24(13-15-26)29(35)18-11-23-6-5-19-32-21-23/h2-21H,1H3,(H,33,37)(H,34,36)/b18-11+,28-20-. The van der Waals surface area contributed by atoms with Crippen LogP contribution in [0.25, 0.3) is 12.2 Å². The van der Waals surface area contributed by atoms with Crippen LogP contribution in [0.15, 0.2) is 115 Å². The van der Waals surface area contributed by atoms with Gasteiger partial charge in [-0.2, -0.15) is 0 Å². The van der Waals surface area contributed by atoms with Crippen LogP contribution in [0, 0.1) is 0 Å². The smallest absolute Gasteiger partial charge is 0.272 e. The number of rotatable bonds is 9. The largest absolute Gasteiger partial charge is 0.497 e. The third kappa shape index (κ3) is 7.11. The predicted octanol–water partition coefficient (Wildman–Crippen LogP) is 5.40. The molecule has 0 aliphatic rings. The van der Waals surface area contributed by atoms with Gasteiger partial charge >= 0.3 is 0 Å². The van der Waals surface area contributed by atoms with E-state index < -0.39 is 11.8 Å². The third-order valence-corrected chi connectivity index (χ3v) is 5.49. The minimum atomic E-state index is -0.513. The van der Waals surface area contributed by atoms with Crippen molar-refractivity contribution in [3.8, 4) is 5.75 Å². The number of allylic oxidation sites excluding steroid dienone is 1. The van der Waals surface area contributed by atoms with Crippen LogP contribution in [0.5, 0.6) is 5.75 Å². The van der Waals surface area contributed by atoms with Crippen LogP contribution in [-0.4, -0.2) is 29.7 Å². The zero-order valence-corrected chi connectivity index (χ0v) is 20.6. The fourth-order valence-electron chi connectivity index (χ4n) is 3.47. The number of pyridine rings is 1. The number of carbonyl (C=O) groups excluding carboxylic acids is 3. The van der Waals surface area contributed by atoms with Gasteiger partial charge in [0, 0.05) is 29.2 Å². The maximum Gasteiger partial charge on any atom is 0.272 e. The van der Waals surface area contributed by atoms with Gasteiger partial charge in [-0.1, -0.05) is 36.4 Å². The van der Waals surface area contributed by atoms with E-state index in [2.05, 4.69) is 15.6 Å². The summed E-state index contributed by atoms with van der Waals surface area (Å²) in [5.41, 5.74) is 2.93. The molecule has 2 amide bonds. The molecule has 7 heteroatoms. The molecule has 1 heterocycles. The molecule has 2 N–H and O–H groups in total. The molecule has 0 saturated carbocycles. The number of hydrogen-bond donors (Lipinski definition) is 2. The highest BCUT2D eigenvalue weighted by Crippen LogP contribution is 2.16. The first-order valence-electron chi connectivity index (χ1n) is 11.8. The lowest BCUT2D eigenvalue weighted by atomic mass is 10.1. The van der Waals surface area contributed by atoms with Gasteiger partial charge in [-0.15, -0.1) is 0 Å². The molecule has 0 bridgehead atoms. The van der Waals surface area contributed by atoms with Crippen LogP contribution in [0.2, 0.25) is 0 Å². The normalized spacial score (nSPS) is 11.1. The van der Waals surface area contributed by atoms with Gasteiger partial charge in [0.1, 0.15) is 11.4 Å². The molecule has 188 valence electrons. The van der Waals surface area contributed by atoms with Crippen LogP contribution in [0.3, 0.4) is 0 Å². The Morgan fingerprint density at radius 3 is 2.18 bits per heavy atom. The number of amides is 2. The van der Waals surface area contributed by atoms with E-state index in [0.717, 1.165) is 5.56 Å². The number of aromatic nitrogens is 1. The summed E-state index contributed by atoms with van der Waals surface area (Å²) < 4.78 is 5.19. The Labute approximate surface area is 220 Å². The average molecular weight is 504 g/mol. The summed E-state index contributed by atoms with van der Waals surface area (Å²) >= 11 is 0. The van der Waals surface area contributed by atoms with Gasteiger partial charge in [0.05, 0.1) is 7.11 Å².